The van der Waals surface area contributed by atoms with Crippen molar-refractivity contribution in [3.63, 3.8) is 0 Å². The molecule has 2 aromatic carbocycles. The zero-order valence-corrected chi connectivity index (χ0v) is 18.1. The minimum absolute atomic E-state index is 0.0481. The first kappa shape index (κ1) is 21.1. The van der Waals surface area contributed by atoms with Gasteiger partial charge in [0.05, 0.1) is 6.10 Å². The Morgan fingerprint density at radius 2 is 1.93 bits per heavy atom. The lowest BCUT2D eigenvalue weighted by molar-refractivity contribution is 0.0977. The van der Waals surface area contributed by atoms with Gasteiger partial charge in [0.2, 0.25) is 0 Å². The first-order chi connectivity index (χ1) is 13.9. The van der Waals surface area contributed by atoms with Crippen molar-refractivity contribution in [2.75, 3.05) is 16.8 Å². The molecule has 0 radical (unpaired) electrons. The van der Waals surface area contributed by atoms with E-state index in [1.54, 1.807) is 18.2 Å². The first-order valence-corrected chi connectivity index (χ1v) is 10.6. The molecule has 5 nitrogen and oxygen atoms in total. The number of hydrogen-bond acceptors (Lipinski definition) is 4. The molecule has 3 rings (SSSR count). The Labute approximate surface area is 178 Å². The summed E-state index contributed by atoms with van der Waals surface area (Å²) in [7, 11) is 0. The van der Waals surface area contributed by atoms with E-state index in [-0.39, 0.29) is 17.1 Å². The summed E-state index contributed by atoms with van der Waals surface area (Å²) in [5, 5.41) is 6.07. The Balaban J connectivity index is 1.57. The van der Waals surface area contributed by atoms with Gasteiger partial charge in [0.25, 0.3) is 5.91 Å². The number of thiocarbonyl (C=S) groups is 1. The van der Waals surface area contributed by atoms with Gasteiger partial charge in [-0.25, -0.2) is 0 Å². The number of benzene rings is 2. The van der Waals surface area contributed by atoms with E-state index in [9.17, 15) is 4.79 Å². The Hall–Kier alpha value is -2.60. The summed E-state index contributed by atoms with van der Waals surface area (Å²) in [4.78, 5) is 14.9. The van der Waals surface area contributed by atoms with Crippen LogP contribution >= 0.6 is 12.2 Å². The molecule has 1 fully saturated rings. The van der Waals surface area contributed by atoms with Crippen molar-refractivity contribution in [3.8, 4) is 5.75 Å². The van der Waals surface area contributed by atoms with Gasteiger partial charge in [0, 0.05) is 29.5 Å². The third-order valence-electron chi connectivity index (χ3n) is 4.95. The zero-order chi connectivity index (χ0) is 20.8. The van der Waals surface area contributed by atoms with E-state index in [2.05, 4.69) is 34.6 Å². The number of carbonyl (C=O) groups is 1. The average molecular weight is 412 g/mol. The fraction of sp³-hybridized carbons (Fsp3) is 0.391. The maximum Gasteiger partial charge on any atom is 0.257 e. The van der Waals surface area contributed by atoms with Crippen LogP contribution in [-0.2, 0) is 0 Å². The largest absolute Gasteiger partial charge is 0.491 e. The minimum atomic E-state index is -0.268. The van der Waals surface area contributed by atoms with E-state index in [4.69, 9.17) is 17.0 Å². The fourth-order valence-corrected chi connectivity index (χ4v) is 3.75. The van der Waals surface area contributed by atoms with Gasteiger partial charge in [0.15, 0.2) is 5.11 Å². The number of ether oxygens (including phenoxy) is 1. The van der Waals surface area contributed by atoms with Crippen molar-refractivity contribution in [3.05, 3.63) is 54.1 Å². The number of nitrogens with zero attached hydrogens (tertiary/aromatic N) is 1. The molecule has 2 aromatic rings. The van der Waals surface area contributed by atoms with Gasteiger partial charge >= 0.3 is 0 Å². The lowest BCUT2D eigenvalue weighted by atomic mass is 10.0. The van der Waals surface area contributed by atoms with Crippen LogP contribution in [0.15, 0.2) is 48.5 Å². The van der Waals surface area contributed by atoms with E-state index < -0.39 is 0 Å². The normalized spacial score (nSPS) is 16.4. The Kier molecular flexibility index (Phi) is 7.09. The Morgan fingerprint density at radius 1 is 1.17 bits per heavy atom. The molecule has 0 aliphatic carbocycles. The summed E-state index contributed by atoms with van der Waals surface area (Å²) in [6.07, 6.45) is 3.83. The molecule has 6 heteroatoms. The molecule has 1 saturated heterocycles. The Morgan fingerprint density at radius 3 is 2.62 bits per heavy atom. The molecule has 0 unspecified atom stereocenters. The average Bonchev–Trinajstić information content (AvgIpc) is 2.69. The van der Waals surface area contributed by atoms with Crippen molar-refractivity contribution < 1.29 is 9.53 Å². The second kappa shape index (κ2) is 9.74. The maximum atomic E-state index is 12.5. The van der Waals surface area contributed by atoms with E-state index in [1.165, 1.54) is 24.9 Å². The number of piperidine rings is 1. The molecule has 0 bridgehead atoms. The summed E-state index contributed by atoms with van der Waals surface area (Å²) in [6.45, 7) is 7.27. The second-order valence-electron chi connectivity index (χ2n) is 7.69. The summed E-state index contributed by atoms with van der Waals surface area (Å²) in [5.74, 6) is 0.393. The van der Waals surface area contributed by atoms with Gasteiger partial charge in [-0.1, -0.05) is 6.07 Å². The van der Waals surface area contributed by atoms with E-state index in [1.807, 2.05) is 32.0 Å². The van der Waals surface area contributed by atoms with Crippen molar-refractivity contribution in [2.24, 2.45) is 0 Å². The van der Waals surface area contributed by atoms with Crippen LogP contribution in [0.3, 0.4) is 0 Å². The molecule has 2 N–H and O–H groups in total. The molecular formula is C23H29N3O2S. The monoisotopic (exact) mass is 411 g/mol. The van der Waals surface area contributed by atoms with E-state index >= 15 is 0 Å². The van der Waals surface area contributed by atoms with Crippen LogP contribution in [0, 0.1) is 0 Å². The maximum absolute atomic E-state index is 12.5. The molecule has 1 aliphatic rings. The smallest absolute Gasteiger partial charge is 0.257 e. The molecule has 1 amide bonds. The van der Waals surface area contributed by atoms with Crippen LogP contribution in [0.5, 0.6) is 5.75 Å². The summed E-state index contributed by atoms with van der Waals surface area (Å²) < 4.78 is 5.64. The lowest BCUT2D eigenvalue weighted by Crippen LogP contribution is -2.37. The second-order valence-corrected chi connectivity index (χ2v) is 8.10. The van der Waals surface area contributed by atoms with Crippen molar-refractivity contribution in [2.45, 2.75) is 52.2 Å². The number of anilines is 2. The van der Waals surface area contributed by atoms with Gasteiger partial charge in [-0.3, -0.25) is 10.1 Å². The third-order valence-corrected chi connectivity index (χ3v) is 5.16. The number of carbonyl (C=O) groups excluding carboxylic acids is 1. The quantitative estimate of drug-likeness (QED) is 0.680. The molecule has 1 heterocycles. The molecular weight excluding hydrogens is 382 g/mol. The van der Waals surface area contributed by atoms with Crippen LogP contribution in [0.4, 0.5) is 11.4 Å². The summed E-state index contributed by atoms with van der Waals surface area (Å²) in [5.41, 5.74) is 2.57. The standard InChI is InChI=1S/C23H29N3O2S/c1-16(2)28-21-9-6-8-18(15-21)22(27)25-23(29)24-19-10-12-20(13-11-19)26-14-5-4-7-17(26)3/h6,8-13,15-17H,4-5,7,14H2,1-3H3,(H2,24,25,27,29)/t17-/m1/s1. The SMILES string of the molecule is CC(C)Oc1cccc(C(=O)NC(=S)Nc2ccc(N3CCCC[C@H]3C)cc2)c1. The highest BCUT2D eigenvalue weighted by molar-refractivity contribution is 7.80. The first-order valence-electron chi connectivity index (χ1n) is 10.2. The molecule has 0 spiro atoms. The molecule has 0 aromatic heterocycles. The molecule has 0 saturated carbocycles. The van der Waals surface area contributed by atoms with Gasteiger partial charge in [0.1, 0.15) is 5.75 Å². The van der Waals surface area contributed by atoms with Gasteiger partial charge in [-0.2, -0.15) is 0 Å². The predicted octanol–water partition coefficient (Wildman–Crippen LogP) is 4.98. The molecule has 1 atom stereocenters. The highest BCUT2D eigenvalue weighted by Crippen LogP contribution is 2.25. The molecule has 154 valence electrons. The molecule has 29 heavy (non-hydrogen) atoms. The third kappa shape index (κ3) is 5.94. The predicted molar refractivity (Wildman–Crippen MR) is 123 cm³/mol. The van der Waals surface area contributed by atoms with Crippen molar-refractivity contribution in [1.82, 2.24) is 5.32 Å². The zero-order valence-electron chi connectivity index (χ0n) is 17.3. The van der Waals surface area contributed by atoms with Crippen molar-refractivity contribution in [1.29, 1.82) is 0 Å². The highest BCUT2D eigenvalue weighted by atomic mass is 32.1. The number of nitrogens with one attached hydrogen (secondary N) is 2. The summed E-state index contributed by atoms with van der Waals surface area (Å²) in [6, 6.07) is 15.8. The van der Waals surface area contributed by atoms with Gasteiger partial charge < -0.3 is 15.0 Å². The number of rotatable bonds is 5. The van der Waals surface area contributed by atoms with Crippen LogP contribution in [-0.4, -0.2) is 29.7 Å². The van der Waals surface area contributed by atoms with E-state index in [0.717, 1.165) is 12.2 Å². The molecule has 1 aliphatic heterocycles. The van der Waals surface area contributed by atoms with Crippen molar-refractivity contribution >= 4 is 34.6 Å². The van der Waals surface area contributed by atoms with Crippen LogP contribution in [0.25, 0.3) is 0 Å². The fourth-order valence-electron chi connectivity index (χ4n) is 3.54. The lowest BCUT2D eigenvalue weighted by Gasteiger charge is -2.35. The van der Waals surface area contributed by atoms with E-state index in [0.29, 0.717) is 17.4 Å². The highest BCUT2D eigenvalue weighted by Gasteiger charge is 2.18. The van der Waals surface area contributed by atoms with Crippen LogP contribution in [0.2, 0.25) is 0 Å². The minimum Gasteiger partial charge on any atom is -0.491 e. The number of amides is 1. The van der Waals surface area contributed by atoms with Crippen LogP contribution < -0.4 is 20.3 Å². The Bertz CT molecular complexity index is 851. The van der Waals surface area contributed by atoms with Crippen LogP contribution in [0.1, 0.15) is 50.4 Å². The van der Waals surface area contributed by atoms with Gasteiger partial charge in [-0.05, 0) is 94.7 Å². The number of hydrogen-bond donors (Lipinski definition) is 2. The van der Waals surface area contributed by atoms with Gasteiger partial charge in [-0.15, -0.1) is 0 Å². The topological polar surface area (TPSA) is 53.6 Å². The summed E-state index contributed by atoms with van der Waals surface area (Å²) >= 11 is 5.31.